The van der Waals surface area contributed by atoms with Gasteiger partial charge in [0, 0.05) is 19.1 Å². The van der Waals surface area contributed by atoms with Crippen LogP contribution in [0.1, 0.15) is 32.1 Å². The Kier molecular flexibility index (Phi) is 4.96. The van der Waals surface area contributed by atoms with Crippen LogP contribution in [0.2, 0.25) is 0 Å². The fourth-order valence-corrected chi connectivity index (χ4v) is 2.70. The van der Waals surface area contributed by atoms with Crippen molar-refractivity contribution in [2.24, 2.45) is 5.92 Å². The number of carbonyl (C=O) groups is 2. The lowest BCUT2D eigenvalue weighted by Gasteiger charge is -2.31. The molecule has 1 aliphatic carbocycles. The quantitative estimate of drug-likeness (QED) is 0.745. The number of nitrogens with one attached hydrogen (secondary N) is 1. The fraction of sp³-hybridized carbons (Fsp3) is 0.714. The number of hydrogen-bond donors (Lipinski definition) is 2. The maximum atomic E-state index is 12.0. The standard InChI is InChI=1S/C14H22N2O3/c17-13(10-15-12-4-2-1-3-5-12)16-8-6-11(7-9-16)14(18)19/h1-2,11-12,15H,3-10H2,(H,18,19). The zero-order valence-corrected chi connectivity index (χ0v) is 11.2. The van der Waals surface area contributed by atoms with E-state index in [9.17, 15) is 9.59 Å². The van der Waals surface area contributed by atoms with Gasteiger partial charge in [-0.1, -0.05) is 12.2 Å². The van der Waals surface area contributed by atoms with Gasteiger partial charge in [0.15, 0.2) is 0 Å². The third-order valence-corrected chi connectivity index (χ3v) is 4.01. The van der Waals surface area contributed by atoms with Crippen LogP contribution < -0.4 is 5.32 Å². The number of allylic oxidation sites excluding steroid dienone is 1. The lowest BCUT2D eigenvalue weighted by atomic mass is 9.97. The average molecular weight is 266 g/mol. The second kappa shape index (κ2) is 6.70. The van der Waals surface area contributed by atoms with Crippen LogP contribution in [0.5, 0.6) is 0 Å². The highest BCUT2D eigenvalue weighted by atomic mass is 16.4. The van der Waals surface area contributed by atoms with E-state index < -0.39 is 5.97 Å². The maximum absolute atomic E-state index is 12.0. The normalized spacial score (nSPS) is 24.4. The first kappa shape index (κ1) is 14.1. The third kappa shape index (κ3) is 4.06. The second-order valence-corrected chi connectivity index (χ2v) is 5.36. The van der Waals surface area contributed by atoms with E-state index in [2.05, 4.69) is 17.5 Å². The van der Waals surface area contributed by atoms with E-state index in [1.165, 1.54) is 0 Å². The number of carbonyl (C=O) groups excluding carboxylic acids is 1. The molecule has 1 aliphatic heterocycles. The lowest BCUT2D eigenvalue weighted by Crippen LogP contribution is -2.45. The summed E-state index contributed by atoms with van der Waals surface area (Å²) >= 11 is 0. The van der Waals surface area contributed by atoms with E-state index in [4.69, 9.17) is 5.11 Å². The molecule has 5 nitrogen and oxygen atoms in total. The Hall–Kier alpha value is -1.36. The van der Waals surface area contributed by atoms with E-state index >= 15 is 0 Å². The molecule has 0 aromatic heterocycles. The first-order chi connectivity index (χ1) is 9.16. The number of carboxylic acid groups (broad SMARTS) is 1. The first-order valence-corrected chi connectivity index (χ1v) is 7.06. The summed E-state index contributed by atoms with van der Waals surface area (Å²) in [7, 11) is 0. The number of amides is 1. The molecule has 1 fully saturated rings. The van der Waals surface area contributed by atoms with Gasteiger partial charge in [-0.2, -0.15) is 0 Å². The van der Waals surface area contributed by atoms with Crippen molar-refractivity contribution in [3.05, 3.63) is 12.2 Å². The largest absolute Gasteiger partial charge is 0.481 e. The topological polar surface area (TPSA) is 69.6 Å². The van der Waals surface area contributed by atoms with Crippen LogP contribution in [0.25, 0.3) is 0 Å². The molecule has 0 radical (unpaired) electrons. The second-order valence-electron chi connectivity index (χ2n) is 5.36. The molecule has 1 amide bonds. The molecule has 1 heterocycles. The summed E-state index contributed by atoms with van der Waals surface area (Å²) in [4.78, 5) is 24.6. The van der Waals surface area contributed by atoms with Gasteiger partial charge in [0.05, 0.1) is 12.5 Å². The minimum absolute atomic E-state index is 0.0957. The number of rotatable bonds is 4. The molecule has 2 rings (SSSR count). The van der Waals surface area contributed by atoms with Crippen molar-refractivity contribution >= 4 is 11.9 Å². The molecule has 5 heteroatoms. The molecule has 0 aromatic carbocycles. The highest BCUT2D eigenvalue weighted by Crippen LogP contribution is 2.17. The first-order valence-electron chi connectivity index (χ1n) is 7.06. The van der Waals surface area contributed by atoms with E-state index in [1.54, 1.807) is 4.90 Å². The van der Waals surface area contributed by atoms with Gasteiger partial charge in [-0.05, 0) is 32.1 Å². The zero-order valence-electron chi connectivity index (χ0n) is 11.2. The van der Waals surface area contributed by atoms with Gasteiger partial charge in [0.1, 0.15) is 0 Å². The molecule has 0 bridgehead atoms. The minimum atomic E-state index is -0.737. The molecule has 1 unspecified atom stereocenters. The van der Waals surface area contributed by atoms with Gasteiger partial charge in [-0.3, -0.25) is 9.59 Å². The van der Waals surface area contributed by atoms with Crippen molar-refractivity contribution in [2.45, 2.75) is 38.1 Å². The predicted octanol–water partition coefficient (Wildman–Crippen LogP) is 1.01. The molecule has 2 aliphatic rings. The molecule has 1 atom stereocenters. The molecular weight excluding hydrogens is 244 g/mol. The summed E-state index contributed by atoms with van der Waals surface area (Å²) in [5.74, 6) is -0.918. The summed E-state index contributed by atoms with van der Waals surface area (Å²) in [6, 6.07) is 0.408. The van der Waals surface area contributed by atoms with Crippen LogP contribution in [-0.2, 0) is 9.59 Å². The van der Waals surface area contributed by atoms with Crippen LogP contribution in [0.15, 0.2) is 12.2 Å². The molecule has 106 valence electrons. The average Bonchev–Trinajstić information content (AvgIpc) is 2.46. The monoisotopic (exact) mass is 266 g/mol. The predicted molar refractivity (Wildman–Crippen MR) is 71.7 cm³/mol. The van der Waals surface area contributed by atoms with Crippen LogP contribution in [-0.4, -0.2) is 47.6 Å². The van der Waals surface area contributed by atoms with Crippen molar-refractivity contribution in [3.8, 4) is 0 Å². The molecular formula is C14H22N2O3. The SMILES string of the molecule is O=C(O)C1CCN(C(=O)CNC2CC=CCC2)CC1. The van der Waals surface area contributed by atoms with E-state index in [0.717, 1.165) is 19.3 Å². The Morgan fingerprint density at radius 2 is 1.95 bits per heavy atom. The van der Waals surface area contributed by atoms with Crippen molar-refractivity contribution in [1.82, 2.24) is 10.2 Å². The highest BCUT2D eigenvalue weighted by molar-refractivity contribution is 5.79. The Bertz CT molecular complexity index is 360. The Balaban J connectivity index is 1.69. The van der Waals surface area contributed by atoms with Crippen molar-refractivity contribution in [2.75, 3.05) is 19.6 Å². The number of nitrogens with zero attached hydrogens (tertiary/aromatic N) is 1. The van der Waals surface area contributed by atoms with Crippen LogP contribution in [0.3, 0.4) is 0 Å². The highest BCUT2D eigenvalue weighted by Gasteiger charge is 2.26. The molecule has 2 N–H and O–H groups in total. The van der Waals surface area contributed by atoms with Crippen molar-refractivity contribution < 1.29 is 14.7 Å². The van der Waals surface area contributed by atoms with Gasteiger partial charge >= 0.3 is 5.97 Å². The summed E-state index contributed by atoms with van der Waals surface area (Å²) in [5.41, 5.74) is 0. The van der Waals surface area contributed by atoms with Crippen LogP contribution in [0.4, 0.5) is 0 Å². The Morgan fingerprint density at radius 1 is 1.21 bits per heavy atom. The van der Waals surface area contributed by atoms with Crippen molar-refractivity contribution in [3.63, 3.8) is 0 Å². The van der Waals surface area contributed by atoms with Crippen molar-refractivity contribution in [1.29, 1.82) is 0 Å². The van der Waals surface area contributed by atoms with Gasteiger partial charge in [0.2, 0.25) is 5.91 Å². The Labute approximate surface area is 113 Å². The number of likely N-dealkylation sites (tertiary alicyclic amines) is 1. The van der Waals surface area contributed by atoms with E-state index in [-0.39, 0.29) is 11.8 Å². The summed E-state index contributed by atoms with van der Waals surface area (Å²) in [6.45, 7) is 1.51. The van der Waals surface area contributed by atoms with Gasteiger partial charge in [-0.15, -0.1) is 0 Å². The molecule has 0 spiro atoms. The zero-order chi connectivity index (χ0) is 13.7. The van der Waals surface area contributed by atoms with Gasteiger partial charge < -0.3 is 15.3 Å². The molecule has 19 heavy (non-hydrogen) atoms. The number of aliphatic carboxylic acids is 1. The van der Waals surface area contributed by atoms with Crippen LogP contribution in [0, 0.1) is 5.92 Å². The minimum Gasteiger partial charge on any atom is -0.481 e. The summed E-state index contributed by atoms with van der Waals surface area (Å²) in [5, 5.41) is 12.2. The van der Waals surface area contributed by atoms with Crippen LogP contribution >= 0.6 is 0 Å². The number of hydrogen-bond acceptors (Lipinski definition) is 3. The number of carboxylic acids is 1. The fourth-order valence-electron chi connectivity index (χ4n) is 2.70. The molecule has 1 saturated heterocycles. The van der Waals surface area contributed by atoms with E-state index in [0.29, 0.717) is 38.5 Å². The summed E-state index contributed by atoms with van der Waals surface area (Å²) < 4.78 is 0. The van der Waals surface area contributed by atoms with E-state index in [1.807, 2.05) is 0 Å². The molecule has 0 saturated carbocycles. The summed E-state index contributed by atoms with van der Waals surface area (Å²) in [6.07, 6.45) is 8.65. The number of piperidine rings is 1. The van der Waals surface area contributed by atoms with Gasteiger partial charge in [0.25, 0.3) is 0 Å². The lowest BCUT2D eigenvalue weighted by molar-refractivity contribution is -0.145. The molecule has 0 aromatic rings. The smallest absolute Gasteiger partial charge is 0.306 e. The Morgan fingerprint density at radius 3 is 2.53 bits per heavy atom. The maximum Gasteiger partial charge on any atom is 0.306 e. The van der Waals surface area contributed by atoms with Gasteiger partial charge in [-0.25, -0.2) is 0 Å². The third-order valence-electron chi connectivity index (χ3n) is 4.01.